The first-order valence-electron chi connectivity index (χ1n) is 23.2. The van der Waals surface area contributed by atoms with Crippen molar-refractivity contribution in [2.45, 2.75) is 104 Å². The Morgan fingerprint density at radius 1 is 0.486 bits per heavy atom. The van der Waals surface area contributed by atoms with Gasteiger partial charge >= 0.3 is 62.6 Å². The maximum atomic E-state index is 13.3. The third kappa shape index (κ3) is 13.7. The zero-order chi connectivity index (χ0) is 54.9. The first kappa shape index (κ1) is 58.6. The summed E-state index contributed by atoms with van der Waals surface area (Å²) >= 11 is -0.826. The number of rotatable bonds is 4. The van der Waals surface area contributed by atoms with Crippen LogP contribution in [0, 0.1) is 6.07 Å². The number of aryl methyl sites for hydroxylation is 2. The Hall–Kier alpha value is -4.62. The van der Waals surface area contributed by atoms with Crippen LogP contribution in [0.3, 0.4) is 0 Å². The van der Waals surface area contributed by atoms with Gasteiger partial charge in [-0.2, -0.15) is 94.3 Å². The van der Waals surface area contributed by atoms with Crippen LogP contribution in [0.15, 0.2) is 127 Å². The second kappa shape index (κ2) is 22.5. The van der Waals surface area contributed by atoms with Crippen molar-refractivity contribution in [2.24, 2.45) is 0 Å². The molecule has 0 spiro atoms. The van der Waals surface area contributed by atoms with E-state index in [4.69, 9.17) is 17.0 Å². The number of alkyl halides is 12. The van der Waals surface area contributed by atoms with Crippen LogP contribution in [0.5, 0.6) is 0 Å². The maximum Gasteiger partial charge on any atom is 0.0920 e. The van der Waals surface area contributed by atoms with Crippen LogP contribution < -0.4 is 10.4 Å². The summed E-state index contributed by atoms with van der Waals surface area (Å²) in [5.41, 5.74) is 1.24. The van der Waals surface area contributed by atoms with E-state index in [9.17, 15) is 52.7 Å². The molecule has 0 aliphatic carbocycles. The fraction of sp³-hybridized carbons (Fsp3) is 0.276. The molecule has 1 heterocycles. The fourth-order valence-electron chi connectivity index (χ4n) is 8.72. The summed E-state index contributed by atoms with van der Waals surface area (Å²) in [4.78, 5) is 0. The van der Waals surface area contributed by atoms with Crippen molar-refractivity contribution in [2.75, 3.05) is 0 Å². The summed E-state index contributed by atoms with van der Waals surface area (Å²) in [6, 6.07) is 36.7. The molecule has 8 aromatic carbocycles. The van der Waals surface area contributed by atoms with Gasteiger partial charge in [0.15, 0.2) is 0 Å². The van der Waals surface area contributed by atoms with Gasteiger partial charge in [-0.05, 0) is 71.2 Å². The molecule has 0 amide bonds. The number of halogens is 14. The van der Waals surface area contributed by atoms with Gasteiger partial charge in [0.05, 0.1) is 31.8 Å². The Morgan fingerprint density at radius 3 is 1.20 bits per heavy atom. The van der Waals surface area contributed by atoms with Crippen LogP contribution in [0.4, 0.5) is 52.7 Å². The quantitative estimate of drug-likeness (QED) is 0.0936. The van der Waals surface area contributed by atoms with Crippen LogP contribution >= 0.6 is 17.0 Å². The van der Waals surface area contributed by atoms with Crippen molar-refractivity contribution < 1.29 is 73.5 Å². The Morgan fingerprint density at radius 2 is 0.851 bits per heavy atom. The minimum absolute atomic E-state index is 0.0688. The van der Waals surface area contributed by atoms with E-state index >= 15 is 0 Å². The van der Waals surface area contributed by atoms with Crippen molar-refractivity contribution in [3.05, 3.63) is 178 Å². The molecule has 1 aliphatic rings. The topological polar surface area (TPSA) is 0 Å². The van der Waals surface area contributed by atoms with Crippen molar-refractivity contribution in [1.29, 1.82) is 0 Å². The smallest absolute Gasteiger partial charge is 0.0920 e. The van der Waals surface area contributed by atoms with Crippen LogP contribution in [0.25, 0.3) is 54.9 Å². The van der Waals surface area contributed by atoms with Crippen molar-refractivity contribution in [3.8, 4) is 33.4 Å². The first-order chi connectivity index (χ1) is 34.3. The van der Waals surface area contributed by atoms with Gasteiger partial charge in [0, 0.05) is 0 Å². The summed E-state index contributed by atoms with van der Waals surface area (Å²) in [6.45, 7) is 15.7. The van der Waals surface area contributed by atoms with E-state index in [-0.39, 0.29) is 34.1 Å². The predicted molar refractivity (Wildman–Crippen MR) is 274 cm³/mol. The second-order valence-corrected chi connectivity index (χ2v) is 24.7. The largest absolute Gasteiger partial charge is 0.184 e. The van der Waals surface area contributed by atoms with Gasteiger partial charge in [0.25, 0.3) is 0 Å². The molecular weight excluding hydrogens is 1110 g/mol. The molecule has 9 rings (SSSR count). The molecule has 16 heteroatoms. The van der Waals surface area contributed by atoms with Gasteiger partial charge in [0.1, 0.15) is 0 Å². The number of benzene rings is 6. The van der Waals surface area contributed by atoms with E-state index in [1.807, 2.05) is 97.9 Å². The van der Waals surface area contributed by atoms with Gasteiger partial charge in [0.2, 0.25) is 0 Å². The Kier molecular flexibility index (Phi) is 17.9. The maximum absolute atomic E-state index is 13.3. The molecule has 0 bridgehead atoms. The molecule has 8 aromatic rings. The van der Waals surface area contributed by atoms with Crippen molar-refractivity contribution in [1.82, 2.24) is 0 Å². The van der Waals surface area contributed by atoms with Crippen molar-refractivity contribution >= 4 is 58.5 Å². The molecule has 0 saturated carbocycles. The van der Waals surface area contributed by atoms with Crippen LogP contribution in [0.1, 0.15) is 99.9 Å². The van der Waals surface area contributed by atoms with Crippen molar-refractivity contribution in [3.63, 3.8) is 0 Å². The Balaban J connectivity index is 0.000000186. The van der Waals surface area contributed by atoms with E-state index in [2.05, 4.69) is 42.5 Å². The van der Waals surface area contributed by atoms with E-state index in [0.29, 0.717) is 45.9 Å². The average molecular weight is 1160 g/mol. The molecule has 0 nitrogen and oxygen atoms in total. The van der Waals surface area contributed by atoms with Gasteiger partial charge < -0.3 is 0 Å². The van der Waals surface area contributed by atoms with E-state index in [0.717, 1.165) is 55.7 Å². The molecule has 390 valence electrons. The van der Waals surface area contributed by atoms with Gasteiger partial charge in [-0.3, -0.25) is 0 Å². The third-order valence-corrected chi connectivity index (χ3v) is 13.9. The van der Waals surface area contributed by atoms with E-state index in [1.54, 1.807) is 12.1 Å². The summed E-state index contributed by atoms with van der Waals surface area (Å²) in [7, 11) is 10.7. The predicted octanol–water partition coefficient (Wildman–Crippen LogP) is 18.7. The number of hydrogen-bond acceptors (Lipinski definition) is 0. The molecular formula is C58H49Cl2F12SiZr-3. The zero-order valence-electron chi connectivity index (χ0n) is 41.3. The summed E-state index contributed by atoms with van der Waals surface area (Å²) in [5.74, 6) is 0. The monoisotopic (exact) mass is 1160 g/mol. The number of fused-ring (bicyclic) bond motifs is 5. The van der Waals surface area contributed by atoms with E-state index in [1.165, 1.54) is 21.5 Å². The molecule has 0 unspecified atom stereocenters. The zero-order valence-corrected chi connectivity index (χ0v) is 46.3. The molecule has 1 aliphatic heterocycles. The molecule has 0 aromatic heterocycles. The van der Waals surface area contributed by atoms with Crippen LogP contribution in [-0.2, 0) is 69.2 Å². The second-order valence-electron chi connectivity index (χ2n) is 19.7. The van der Waals surface area contributed by atoms with Crippen LogP contribution in [-0.4, -0.2) is 9.52 Å². The minimum Gasteiger partial charge on any atom is -0.184 e. The van der Waals surface area contributed by atoms with Crippen LogP contribution in [0.2, 0.25) is 0 Å². The van der Waals surface area contributed by atoms with Gasteiger partial charge in [-0.1, -0.05) is 113 Å². The average Bonchev–Trinajstić information content (AvgIpc) is 4.06. The number of hydrogen-bond donors (Lipinski definition) is 0. The standard InChI is InChI=1S/2C23H21F6.C12H7Si.2ClH.Zr/c2*1-5-13-6-7-14-8-16(21(2,3)4)12-19(14)20(13)15-9-17(22(24,25)26)11-18(10-15)23(27,28)29;1-3-7-11-9(5-1)10-6-2-4-8-12(10)13-11;;;/h2*6-12H,5H2,1-4H3;1-7H;2*1H;/q3*-1;;;+2/p-2. The summed E-state index contributed by atoms with van der Waals surface area (Å²) < 4.78 is 160. The Labute approximate surface area is 444 Å². The summed E-state index contributed by atoms with van der Waals surface area (Å²) in [5, 5.41) is 5.76. The molecule has 0 fully saturated rings. The molecule has 0 saturated heterocycles. The van der Waals surface area contributed by atoms with E-state index < -0.39 is 67.8 Å². The molecule has 2 radical (unpaired) electrons. The van der Waals surface area contributed by atoms with Gasteiger partial charge in [-0.25, -0.2) is 0 Å². The minimum atomic E-state index is -4.88. The third-order valence-electron chi connectivity index (χ3n) is 12.5. The summed E-state index contributed by atoms with van der Waals surface area (Å²) in [6.07, 6.45) is -18.5. The SMILES string of the molecule is CCc1ccc2[cH-]c(C(C)(C)C)cc2c1-c1cc(C(F)(F)F)cc(C(F)(F)F)c1.CCc1ccc2[cH-]c(C(C)(C)C)cc2c1-c1cc(C(F)(F)F)cc(C(F)(F)F)c1.[Cl][Zr][Cl].[c-]1cccc2c1[Si]c1ccccc1-2. The fourth-order valence-corrected chi connectivity index (χ4v) is 10.0. The first-order valence-corrected chi connectivity index (χ1v) is 30.5. The molecule has 0 atom stereocenters. The molecule has 74 heavy (non-hydrogen) atoms. The van der Waals surface area contributed by atoms with Gasteiger partial charge in [-0.15, -0.1) is 74.6 Å². The Bertz CT molecular complexity index is 2970. The molecule has 0 N–H and O–H groups in total. The normalized spacial score (nSPS) is 12.8.